The highest BCUT2D eigenvalue weighted by Gasteiger charge is 2.46. The number of carbonyl (C=O) groups is 1. The van der Waals surface area contributed by atoms with Gasteiger partial charge in [-0.05, 0) is 0 Å². The molecule has 0 aromatic heterocycles. The number of aliphatic hydroxyl groups is 1. The van der Waals surface area contributed by atoms with Crippen molar-refractivity contribution in [1.29, 1.82) is 0 Å². The number of likely N-dealkylation sites (N-methyl/N-ethyl adjacent to an activating group) is 1. The summed E-state index contributed by atoms with van der Waals surface area (Å²) < 4.78 is 0.385. The van der Waals surface area contributed by atoms with Crippen molar-refractivity contribution in [2.45, 2.75) is 18.6 Å². The molecule has 1 heterocycles. The third kappa shape index (κ3) is 1.36. The molecule has 0 spiro atoms. The van der Waals surface area contributed by atoms with Crippen molar-refractivity contribution in [1.82, 2.24) is 0 Å². The van der Waals surface area contributed by atoms with Crippen molar-refractivity contribution in [3.05, 3.63) is 0 Å². The van der Waals surface area contributed by atoms with Crippen LogP contribution >= 0.6 is 0 Å². The van der Waals surface area contributed by atoms with Gasteiger partial charge in [0.25, 0.3) is 0 Å². The lowest BCUT2D eigenvalue weighted by molar-refractivity contribution is -0.895. The minimum absolute atomic E-state index is 0.385. The first-order valence-electron chi connectivity index (χ1n) is 3.69. The molecule has 0 radical (unpaired) electrons. The monoisotopic (exact) mass is 160 g/mol. The predicted octanol–water partition coefficient (Wildman–Crippen LogP) is -0.719. The summed E-state index contributed by atoms with van der Waals surface area (Å²) in [5.74, 6) is -0.903. The summed E-state index contributed by atoms with van der Waals surface area (Å²) in [5, 5.41) is 18.0. The average molecular weight is 160 g/mol. The standard InChI is InChI=1S/C7H13NO3/c1-8(2)4-3-5(9)6(8)7(10)11/h5-6,9H,3-4H2,1-2H3/p+1/t5-,6+/m1/s1. The Morgan fingerprint density at radius 1 is 1.55 bits per heavy atom. The summed E-state index contributed by atoms with van der Waals surface area (Å²) in [7, 11) is 3.66. The van der Waals surface area contributed by atoms with Gasteiger partial charge in [-0.3, -0.25) is 0 Å². The number of likely N-dealkylation sites (tertiary alicyclic amines) is 1. The van der Waals surface area contributed by atoms with Gasteiger partial charge in [0.15, 0.2) is 0 Å². The molecule has 0 unspecified atom stereocenters. The molecular weight excluding hydrogens is 146 g/mol. The van der Waals surface area contributed by atoms with E-state index in [1.54, 1.807) is 0 Å². The van der Waals surface area contributed by atoms with Crippen LogP contribution in [0.3, 0.4) is 0 Å². The fourth-order valence-corrected chi connectivity index (χ4v) is 1.69. The summed E-state index contributed by atoms with van der Waals surface area (Å²) in [4.78, 5) is 10.7. The van der Waals surface area contributed by atoms with Crippen LogP contribution in [0.1, 0.15) is 6.42 Å². The third-order valence-corrected chi connectivity index (χ3v) is 2.37. The van der Waals surface area contributed by atoms with Gasteiger partial charge in [-0.25, -0.2) is 4.79 Å². The van der Waals surface area contributed by atoms with Crippen LogP contribution in [-0.2, 0) is 4.79 Å². The molecule has 1 rings (SSSR count). The van der Waals surface area contributed by atoms with E-state index in [0.29, 0.717) is 10.9 Å². The van der Waals surface area contributed by atoms with Gasteiger partial charge in [0.05, 0.1) is 20.6 Å². The van der Waals surface area contributed by atoms with E-state index in [9.17, 15) is 9.90 Å². The molecule has 0 bridgehead atoms. The van der Waals surface area contributed by atoms with Crippen LogP contribution in [0.25, 0.3) is 0 Å². The van der Waals surface area contributed by atoms with Crippen LogP contribution in [0.4, 0.5) is 0 Å². The number of carboxylic acids is 1. The Morgan fingerprint density at radius 2 is 2.09 bits per heavy atom. The number of aliphatic carboxylic acids is 1. The van der Waals surface area contributed by atoms with Crippen molar-refractivity contribution in [2.75, 3.05) is 20.6 Å². The molecular formula is C7H14NO3+. The van der Waals surface area contributed by atoms with Crippen molar-refractivity contribution >= 4 is 5.97 Å². The maximum atomic E-state index is 10.7. The predicted molar refractivity (Wildman–Crippen MR) is 39.0 cm³/mol. The number of rotatable bonds is 1. The number of quaternary nitrogens is 1. The molecule has 64 valence electrons. The van der Waals surface area contributed by atoms with E-state index < -0.39 is 18.1 Å². The SMILES string of the molecule is C[N+]1(C)CC[C@@H](O)[C@H]1C(=O)O. The van der Waals surface area contributed by atoms with Crippen LogP contribution in [0, 0.1) is 0 Å². The summed E-state index contributed by atoms with van der Waals surface area (Å²) in [6.07, 6.45) is -0.0910. The van der Waals surface area contributed by atoms with E-state index in [4.69, 9.17) is 5.11 Å². The number of hydrogen-bond acceptors (Lipinski definition) is 2. The Labute approximate surface area is 65.6 Å². The zero-order chi connectivity index (χ0) is 8.65. The average Bonchev–Trinajstić information content (AvgIpc) is 2.06. The van der Waals surface area contributed by atoms with Crippen molar-refractivity contribution < 1.29 is 19.5 Å². The fraction of sp³-hybridized carbons (Fsp3) is 0.857. The van der Waals surface area contributed by atoms with Crippen LogP contribution in [0.2, 0.25) is 0 Å². The lowest BCUT2D eigenvalue weighted by Crippen LogP contribution is -2.51. The molecule has 0 aromatic carbocycles. The number of nitrogens with zero attached hydrogens (tertiary/aromatic N) is 1. The minimum atomic E-state index is -0.903. The Bertz CT molecular complexity index is 179. The zero-order valence-corrected chi connectivity index (χ0v) is 6.82. The fourth-order valence-electron chi connectivity index (χ4n) is 1.69. The molecule has 1 aliphatic rings. The van der Waals surface area contributed by atoms with Gasteiger partial charge in [-0.15, -0.1) is 0 Å². The molecule has 2 N–H and O–H groups in total. The van der Waals surface area contributed by atoms with E-state index in [1.165, 1.54) is 0 Å². The molecule has 0 saturated carbocycles. The van der Waals surface area contributed by atoms with Crippen molar-refractivity contribution in [3.8, 4) is 0 Å². The van der Waals surface area contributed by atoms with Gasteiger partial charge >= 0.3 is 5.97 Å². The maximum absolute atomic E-state index is 10.7. The summed E-state index contributed by atoms with van der Waals surface area (Å²) >= 11 is 0. The van der Waals surface area contributed by atoms with Gasteiger partial charge in [0.2, 0.25) is 6.04 Å². The first-order chi connectivity index (χ1) is 4.95. The minimum Gasteiger partial charge on any atom is -0.477 e. The quantitative estimate of drug-likeness (QED) is 0.498. The molecule has 0 aromatic rings. The van der Waals surface area contributed by atoms with Crippen molar-refractivity contribution in [2.24, 2.45) is 0 Å². The molecule has 4 heteroatoms. The number of carboxylic acid groups (broad SMARTS) is 1. The van der Waals surface area contributed by atoms with Gasteiger partial charge in [-0.2, -0.15) is 0 Å². The lowest BCUT2D eigenvalue weighted by atomic mass is 10.1. The summed E-state index contributed by atoms with van der Waals surface area (Å²) in [5.41, 5.74) is 0. The van der Waals surface area contributed by atoms with E-state index in [1.807, 2.05) is 14.1 Å². The molecule has 2 atom stereocenters. The van der Waals surface area contributed by atoms with Gasteiger partial charge in [-0.1, -0.05) is 0 Å². The topological polar surface area (TPSA) is 57.5 Å². The molecule has 1 saturated heterocycles. The summed E-state index contributed by atoms with van der Waals surface area (Å²) in [6, 6.07) is -0.644. The van der Waals surface area contributed by atoms with E-state index in [0.717, 1.165) is 6.54 Å². The maximum Gasteiger partial charge on any atom is 0.365 e. The van der Waals surface area contributed by atoms with Gasteiger partial charge in [0, 0.05) is 6.42 Å². The Kier molecular flexibility index (Phi) is 1.90. The van der Waals surface area contributed by atoms with Gasteiger partial charge < -0.3 is 14.7 Å². The van der Waals surface area contributed by atoms with Crippen LogP contribution < -0.4 is 0 Å². The van der Waals surface area contributed by atoms with Crippen LogP contribution in [-0.4, -0.2) is 53.5 Å². The van der Waals surface area contributed by atoms with Gasteiger partial charge in [0.1, 0.15) is 6.10 Å². The Morgan fingerprint density at radius 3 is 2.27 bits per heavy atom. The zero-order valence-electron chi connectivity index (χ0n) is 6.82. The molecule has 4 nitrogen and oxygen atoms in total. The number of aliphatic hydroxyl groups excluding tert-OH is 1. The first-order valence-corrected chi connectivity index (χ1v) is 3.69. The molecule has 1 aliphatic heterocycles. The second-order valence-corrected chi connectivity index (χ2v) is 3.64. The number of hydrogen-bond donors (Lipinski definition) is 2. The molecule has 0 amide bonds. The summed E-state index contributed by atoms with van der Waals surface area (Å²) in [6.45, 7) is 0.734. The largest absolute Gasteiger partial charge is 0.477 e. The molecule has 0 aliphatic carbocycles. The highest BCUT2D eigenvalue weighted by molar-refractivity contribution is 5.73. The second kappa shape index (κ2) is 2.46. The smallest absolute Gasteiger partial charge is 0.365 e. The molecule has 1 fully saturated rings. The van der Waals surface area contributed by atoms with Crippen LogP contribution in [0.5, 0.6) is 0 Å². The third-order valence-electron chi connectivity index (χ3n) is 2.37. The normalized spacial score (nSPS) is 35.5. The highest BCUT2D eigenvalue weighted by Crippen LogP contribution is 2.22. The second-order valence-electron chi connectivity index (χ2n) is 3.64. The molecule has 11 heavy (non-hydrogen) atoms. The highest BCUT2D eigenvalue weighted by atomic mass is 16.4. The van der Waals surface area contributed by atoms with E-state index >= 15 is 0 Å². The lowest BCUT2D eigenvalue weighted by Gasteiger charge is -2.29. The Hall–Kier alpha value is -0.610. The van der Waals surface area contributed by atoms with E-state index in [-0.39, 0.29) is 0 Å². The van der Waals surface area contributed by atoms with E-state index in [2.05, 4.69) is 0 Å². The first kappa shape index (κ1) is 8.49. The van der Waals surface area contributed by atoms with Crippen LogP contribution in [0.15, 0.2) is 0 Å². The Balaban J connectivity index is 2.80. The van der Waals surface area contributed by atoms with Crippen molar-refractivity contribution in [3.63, 3.8) is 0 Å².